The van der Waals surface area contributed by atoms with Gasteiger partial charge in [-0.2, -0.15) is 0 Å². The van der Waals surface area contributed by atoms with Crippen LogP contribution in [0.15, 0.2) is 0 Å². The van der Waals surface area contributed by atoms with E-state index in [-0.39, 0.29) is 25.6 Å². The van der Waals surface area contributed by atoms with Crippen molar-refractivity contribution in [3.8, 4) is 0 Å². The van der Waals surface area contributed by atoms with E-state index < -0.39 is 80.6 Å². The van der Waals surface area contributed by atoms with E-state index in [1.807, 2.05) is 0 Å². The molecule has 0 spiro atoms. The molecule has 0 saturated carbocycles. The van der Waals surface area contributed by atoms with Crippen LogP contribution in [0.4, 0.5) is 4.79 Å². The monoisotopic (exact) mass is 504 g/mol. The number of alkyl halides is 1. The molecule has 14 nitrogen and oxygen atoms in total. The van der Waals surface area contributed by atoms with Crippen LogP contribution in [0.1, 0.15) is 0 Å². The summed E-state index contributed by atoms with van der Waals surface area (Å²) in [4.78, 5) is 13.6. The zero-order valence-corrected chi connectivity index (χ0v) is 18.8. The first-order valence-corrected chi connectivity index (χ1v) is 10.9. The first kappa shape index (κ1) is 28.4. The predicted molar refractivity (Wildman–Crippen MR) is 109 cm³/mol. The van der Waals surface area contributed by atoms with Crippen LogP contribution in [-0.4, -0.2) is 154 Å². The minimum absolute atomic E-state index is 0.0323. The van der Waals surface area contributed by atoms with Gasteiger partial charge in [0.1, 0.15) is 48.8 Å². The zero-order valence-electron chi connectivity index (χ0n) is 18.0. The van der Waals surface area contributed by atoms with E-state index in [9.17, 15) is 40.5 Å². The number of ether oxygens (including phenoxy) is 4. The molecule has 194 valence electrons. The number of methoxy groups -OCH3 is 1. The zero-order chi connectivity index (χ0) is 24.7. The van der Waals surface area contributed by atoms with Crippen molar-refractivity contribution in [1.29, 1.82) is 0 Å². The van der Waals surface area contributed by atoms with E-state index in [0.717, 1.165) is 4.90 Å². The summed E-state index contributed by atoms with van der Waals surface area (Å²) in [5.41, 5.74) is 0. The summed E-state index contributed by atoms with van der Waals surface area (Å²) < 4.78 is 21.4. The standard InChI is InChI=1S/C18H33ClN2O12/c1-30-5-4-21(18(29)20-3-2-19)16-13(27)12(26)15(9(7-23)31-16)33-17-14(28)11(25)10(24)8(6-22)32-17/h8-17,22-28H,2-7H2,1H3,(H,20,29)/t8-,9-,10-,11+,12-,13-,14-,15-,16?,17-/m1/s1. The Morgan fingerprint density at radius 2 is 1.64 bits per heavy atom. The summed E-state index contributed by atoms with van der Waals surface area (Å²) in [6.45, 7) is -1.25. The Bertz CT molecular complexity index is 603. The van der Waals surface area contributed by atoms with Crippen LogP contribution >= 0.6 is 11.6 Å². The van der Waals surface area contributed by atoms with Gasteiger partial charge in [-0.15, -0.1) is 11.6 Å². The van der Waals surface area contributed by atoms with Gasteiger partial charge in [-0.05, 0) is 0 Å². The molecule has 2 fully saturated rings. The number of halogens is 1. The normalized spacial score (nSPS) is 39.3. The molecule has 0 bridgehead atoms. The lowest BCUT2D eigenvalue weighted by molar-refractivity contribution is -0.347. The van der Waals surface area contributed by atoms with E-state index >= 15 is 0 Å². The number of aliphatic hydroxyl groups is 7. The van der Waals surface area contributed by atoms with E-state index in [1.165, 1.54) is 7.11 Å². The molecule has 0 aromatic carbocycles. The number of aliphatic hydroxyl groups excluding tert-OH is 7. The second-order valence-corrected chi connectivity index (χ2v) is 8.01. The van der Waals surface area contributed by atoms with Gasteiger partial charge in [0.25, 0.3) is 0 Å². The molecule has 0 radical (unpaired) electrons. The number of urea groups is 1. The number of carbonyl (C=O) groups excluding carboxylic acids is 1. The quantitative estimate of drug-likeness (QED) is 0.132. The van der Waals surface area contributed by atoms with Crippen molar-refractivity contribution < 1.29 is 59.5 Å². The topological polar surface area (TPSA) is 211 Å². The van der Waals surface area contributed by atoms with Gasteiger partial charge >= 0.3 is 6.03 Å². The van der Waals surface area contributed by atoms with Crippen molar-refractivity contribution in [2.45, 2.75) is 61.3 Å². The van der Waals surface area contributed by atoms with Crippen molar-refractivity contribution in [3.05, 3.63) is 0 Å². The van der Waals surface area contributed by atoms with E-state index in [2.05, 4.69) is 5.32 Å². The largest absolute Gasteiger partial charge is 0.394 e. The maximum Gasteiger partial charge on any atom is 0.319 e. The smallest absolute Gasteiger partial charge is 0.319 e. The van der Waals surface area contributed by atoms with Crippen LogP contribution in [-0.2, 0) is 18.9 Å². The van der Waals surface area contributed by atoms with Crippen LogP contribution in [0, 0.1) is 0 Å². The SMILES string of the molecule is COCCN(C(=O)NCCCl)C1O[C@H](CO)[C@@H](O[C@H]2O[C@H](CO)[C@@H](O)[C@H](O)[C@H]2O)[C@H](O)[C@H]1O. The highest BCUT2D eigenvalue weighted by Crippen LogP contribution is 2.30. The third-order valence-electron chi connectivity index (χ3n) is 5.45. The highest BCUT2D eigenvalue weighted by molar-refractivity contribution is 6.18. The molecule has 8 N–H and O–H groups in total. The van der Waals surface area contributed by atoms with Gasteiger partial charge in [0.15, 0.2) is 12.5 Å². The van der Waals surface area contributed by atoms with Gasteiger partial charge in [-0.25, -0.2) is 4.79 Å². The molecule has 2 aliphatic heterocycles. The lowest BCUT2D eigenvalue weighted by atomic mass is 9.96. The number of nitrogens with one attached hydrogen (secondary N) is 1. The lowest BCUT2D eigenvalue weighted by Crippen LogP contribution is -2.67. The fraction of sp³-hybridized carbons (Fsp3) is 0.944. The van der Waals surface area contributed by atoms with E-state index in [4.69, 9.17) is 30.5 Å². The number of carbonyl (C=O) groups is 1. The molecule has 2 rings (SSSR count). The molecule has 10 atom stereocenters. The van der Waals surface area contributed by atoms with Crippen molar-refractivity contribution in [2.75, 3.05) is 45.9 Å². The third-order valence-corrected chi connectivity index (χ3v) is 5.64. The minimum atomic E-state index is -1.77. The second kappa shape index (κ2) is 13.3. The Labute approximate surface area is 195 Å². The molecule has 15 heteroatoms. The summed E-state index contributed by atoms with van der Waals surface area (Å²) in [6.07, 6.45) is -15.7. The maximum atomic E-state index is 12.5. The maximum absolute atomic E-state index is 12.5. The van der Waals surface area contributed by atoms with Gasteiger partial charge in [0.2, 0.25) is 0 Å². The van der Waals surface area contributed by atoms with Crippen molar-refractivity contribution in [1.82, 2.24) is 10.2 Å². The average Bonchev–Trinajstić information content (AvgIpc) is 2.81. The van der Waals surface area contributed by atoms with E-state index in [0.29, 0.717) is 0 Å². The summed E-state index contributed by atoms with van der Waals surface area (Å²) in [7, 11) is 1.41. The van der Waals surface area contributed by atoms with Gasteiger partial charge in [-0.3, -0.25) is 4.90 Å². The van der Waals surface area contributed by atoms with Gasteiger partial charge < -0.3 is 60.0 Å². The number of rotatable bonds is 10. The molecule has 2 heterocycles. The lowest BCUT2D eigenvalue weighted by Gasteiger charge is -2.48. The van der Waals surface area contributed by atoms with E-state index in [1.54, 1.807) is 0 Å². The minimum Gasteiger partial charge on any atom is -0.394 e. The van der Waals surface area contributed by atoms with Crippen LogP contribution in [0.25, 0.3) is 0 Å². The summed E-state index contributed by atoms with van der Waals surface area (Å²) in [5.74, 6) is 0.134. The molecule has 1 unspecified atom stereocenters. The van der Waals surface area contributed by atoms with Crippen LogP contribution in [0.5, 0.6) is 0 Å². The van der Waals surface area contributed by atoms with Gasteiger partial charge in [0, 0.05) is 26.1 Å². The molecule has 0 aromatic rings. The molecular formula is C18H33ClN2O12. The Balaban J connectivity index is 2.19. The molecular weight excluding hydrogens is 472 g/mol. The highest BCUT2D eigenvalue weighted by atomic mass is 35.5. The van der Waals surface area contributed by atoms with Crippen molar-refractivity contribution in [3.63, 3.8) is 0 Å². The molecule has 2 aliphatic rings. The molecule has 0 aliphatic carbocycles. The molecule has 2 amide bonds. The summed E-state index contributed by atoms with van der Waals surface area (Å²) in [6, 6.07) is -0.658. The Kier molecular flexibility index (Phi) is 11.4. The van der Waals surface area contributed by atoms with Crippen LogP contribution < -0.4 is 5.32 Å². The van der Waals surface area contributed by atoms with Gasteiger partial charge in [-0.1, -0.05) is 0 Å². The average molecular weight is 505 g/mol. The Hall–Kier alpha value is -0.880. The predicted octanol–water partition coefficient (Wildman–Crippen LogP) is -4.49. The summed E-state index contributed by atoms with van der Waals surface area (Å²) in [5, 5.41) is 73.1. The fourth-order valence-electron chi connectivity index (χ4n) is 3.62. The fourth-order valence-corrected chi connectivity index (χ4v) is 3.71. The third kappa shape index (κ3) is 6.62. The molecule has 0 aromatic heterocycles. The first-order valence-electron chi connectivity index (χ1n) is 10.4. The number of hydrogen-bond acceptors (Lipinski definition) is 12. The van der Waals surface area contributed by atoms with Gasteiger partial charge in [0.05, 0.1) is 19.8 Å². The number of hydrogen-bond donors (Lipinski definition) is 8. The van der Waals surface area contributed by atoms with Crippen LogP contribution in [0.3, 0.4) is 0 Å². The number of amides is 2. The Morgan fingerprint density at radius 3 is 2.21 bits per heavy atom. The Morgan fingerprint density at radius 1 is 0.970 bits per heavy atom. The highest BCUT2D eigenvalue weighted by Gasteiger charge is 2.51. The molecule has 33 heavy (non-hydrogen) atoms. The summed E-state index contributed by atoms with van der Waals surface area (Å²) >= 11 is 5.59. The van der Waals surface area contributed by atoms with Crippen molar-refractivity contribution >= 4 is 17.6 Å². The molecule has 2 saturated heterocycles. The first-order chi connectivity index (χ1) is 15.7. The van der Waals surface area contributed by atoms with Crippen molar-refractivity contribution in [2.24, 2.45) is 0 Å². The second-order valence-electron chi connectivity index (χ2n) is 7.63. The van der Waals surface area contributed by atoms with Crippen LogP contribution in [0.2, 0.25) is 0 Å². The number of nitrogens with zero attached hydrogens (tertiary/aromatic N) is 1.